The van der Waals surface area contributed by atoms with Crippen LogP contribution >= 0.6 is 11.3 Å². The number of fused-ring (bicyclic) bond motifs is 1. The van der Waals surface area contributed by atoms with Crippen molar-refractivity contribution in [3.63, 3.8) is 0 Å². The van der Waals surface area contributed by atoms with Crippen LogP contribution in [0.1, 0.15) is 35.3 Å². The van der Waals surface area contributed by atoms with Gasteiger partial charge in [0.05, 0.1) is 10.9 Å². The van der Waals surface area contributed by atoms with Crippen LogP contribution in [0.25, 0.3) is 10.9 Å². The van der Waals surface area contributed by atoms with Gasteiger partial charge in [0, 0.05) is 29.9 Å². The Labute approximate surface area is 122 Å². The van der Waals surface area contributed by atoms with Crippen molar-refractivity contribution < 1.29 is 4.79 Å². The molecule has 3 rings (SSSR count). The summed E-state index contributed by atoms with van der Waals surface area (Å²) in [4.78, 5) is 24.4. The Morgan fingerprint density at radius 1 is 1.40 bits per heavy atom. The first-order valence-corrected chi connectivity index (χ1v) is 7.87. The molecule has 0 radical (unpaired) electrons. The van der Waals surface area contributed by atoms with Crippen molar-refractivity contribution >= 4 is 34.0 Å². The molecule has 0 saturated carbocycles. The second kappa shape index (κ2) is 5.36. The van der Waals surface area contributed by atoms with Crippen molar-refractivity contribution in [3.05, 3.63) is 16.1 Å². The van der Waals surface area contributed by atoms with Crippen LogP contribution < -0.4 is 10.2 Å². The maximum atomic E-state index is 12.0. The normalized spacial score (nSPS) is 15.0. The topological polar surface area (TPSA) is 58.1 Å². The number of nitrogens with one attached hydrogen (secondary N) is 1. The van der Waals surface area contributed by atoms with Crippen LogP contribution in [0.3, 0.4) is 0 Å². The van der Waals surface area contributed by atoms with Gasteiger partial charge >= 0.3 is 0 Å². The molecule has 0 atom stereocenters. The highest BCUT2D eigenvalue weighted by Crippen LogP contribution is 2.32. The van der Waals surface area contributed by atoms with Crippen molar-refractivity contribution in [2.24, 2.45) is 0 Å². The Morgan fingerprint density at radius 3 is 2.85 bits per heavy atom. The Morgan fingerprint density at radius 2 is 2.15 bits per heavy atom. The van der Waals surface area contributed by atoms with E-state index in [9.17, 15) is 4.79 Å². The number of carbonyl (C=O) groups excluding carboxylic acids is 1. The third-order valence-electron chi connectivity index (χ3n) is 3.56. The number of nitrogens with zero attached hydrogens (tertiary/aromatic N) is 3. The predicted octanol–water partition coefficient (Wildman–Crippen LogP) is 2.35. The largest absolute Gasteiger partial charge is 0.356 e. The van der Waals surface area contributed by atoms with Gasteiger partial charge < -0.3 is 10.2 Å². The molecule has 5 nitrogen and oxygen atoms in total. The van der Waals surface area contributed by atoms with Gasteiger partial charge in [0.15, 0.2) is 0 Å². The Kier molecular flexibility index (Phi) is 3.56. The monoisotopic (exact) mass is 290 g/mol. The van der Waals surface area contributed by atoms with Gasteiger partial charge in [-0.3, -0.25) is 4.79 Å². The van der Waals surface area contributed by atoms with Gasteiger partial charge in [-0.25, -0.2) is 9.97 Å². The minimum Gasteiger partial charge on any atom is -0.356 e. The molecule has 2 aromatic heterocycles. The highest BCUT2D eigenvalue weighted by molar-refractivity contribution is 7.11. The summed E-state index contributed by atoms with van der Waals surface area (Å²) in [6, 6.07) is 0. The first kappa shape index (κ1) is 13.3. The van der Waals surface area contributed by atoms with Gasteiger partial charge in [-0.05, 0) is 26.7 Å². The Bertz CT molecular complexity index is 646. The van der Waals surface area contributed by atoms with Crippen molar-refractivity contribution in [3.8, 4) is 0 Å². The van der Waals surface area contributed by atoms with E-state index in [-0.39, 0.29) is 11.7 Å². The van der Waals surface area contributed by atoms with Crippen molar-refractivity contribution in [1.82, 2.24) is 15.3 Å². The van der Waals surface area contributed by atoms with Crippen molar-refractivity contribution in [1.29, 1.82) is 0 Å². The average Bonchev–Trinajstić information content (AvgIpc) is 3.08. The summed E-state index contributed by atoms with van der Waals surface area (Å²) < 4.78 is 0. The Hall–Kier alpha value is -1.69. The molecule has 1 saturated heterocycles. The van der Waals surface area contributed by atoms with E-state index in [0.29, 0.717) is 6.54 Å². The van der Waals surface area contributed by atoms with Crippen LogP contribution in [0, 0.1) is 6.92 Å². The summed E-state index contributed by atoms with van der Waals surface area (Å²) in [7, 11) is 0. The van der Waals surface area contributed by atoms with Crippen LogP contribution in [-0.2, 0) is 0 Å². The van der Waals surface area contributed by atoms with E-state index in [0.717, 1.165) is 29.8 Å². The lowest BCUT2D eigenvalue weighted by atomic mass is 10.2. The molecule has 1 fully saturated rings. The standard InChI is InChI=1S/C14H18N4OS/c1-3-15-14(19)12-16-10-8-20-9(2)11(10)13(17-12)18-6-4-5-7-18/h8H,3-7H2,1-2H3,(H,15,19). The molecule has 1 N–H and O–H groups in total. The molecular formula is C14H18N4OS. The molecule has 20 heavy (non-hydrogen) atoms. The van der Waals surface area contributed by atoms with Gasteiger partial charge in [0.25, 0.3) is 5.91 Å². The molecule has 6 heteroatoms. The first-order valence-electron chi connectivity index (χ1n) is 6.99. The SMILES string of the molecule is CCNC(=O)c1nc(N2CCCC2)c2c(C)scc2n1. The van der Waals surface area contributed by atoms with Crippen molar-refractivity contribution in [2.45, 2.75) is 26.7 Å². The number of aryl methyl sites for hydroxylation is 1. The van der Waals surface area contributed by atoms with Crippen LogP contribution in [0.5, 0.6) is 0 Å². The summed E-state index contributed by atoms with van der Waals surface area (Å²) in [5.41, 5.74) is 0.880. The molecule has 0 aliphatic carbocycles. The fourth-order valence-electron chi connectivity index (χ4n) is 2.59. The number of hydrogen-bond acceptors (Lipinski definition) is 5. The van der Waals surface area contributed by atoms with Crippen LogP contribution in [0.4, 0.5) is 5.82 Å². The molecule has 3 heterocycles. The molecular weight excluding hydrogens is 272 g/mol. The number of carbonyl (C=O) groups is 1. The number of hydrogen-bond donors (Lipinski definition) is 1. The predicted molar refractivity (Wildman–Crippen MR) is 81.6 cm³/mol. The second-order valence-electron chi connectivity index (χ2n) is 4.98. The van der Waals surface area contributed by atoms with E-state index in [1.165, 1.54) is 17.7 Å². The van der Waals surface area contributed by atoms with Gasteiger partial charge in [-0.15, -0.1) is 11.3 Å². The maximum Gasteiger partial charge on any atom is 0.289 e. The van der Waals surface area contributed by atoms with Gasteiger partial charge in [0.1, 0.15) is 5.82 Å². The highest BCUT2D eigenvalue weighted by atomic mass is 32.1. The molecule has 1 amide bonds. The fraction of sp³-hybridized carbons (Fsp3) is 0.500. The molecule has 1 aliphatic heterocycles. The summed E-state index contributed by atoms with van der Waals surface area (Å²) in [5, 5.41) is 5.88. The number of thiophene rings is 1. The van der Waals surface area contributed by atoms with E-state index < -0.39 is 0 Å². The van der Waals surface area contributed by atoms with Crippen LogP contribution in [0.2, 0.25) is 0 Å². The lowest BCUT2D eigenvalue weighted by Crippen LogP contribution is -2.27. The fourth-order valence-corrected chi connectivity index (χ4v) is 3.36. The third-order valence-corrected chi connectivity index (χ3v) is 4.46. The lowest BCUT2D eigenvalue weighted by molar-refractivity contribution is 0.0946. The summed E-state index contributed by atoms with van der Waals surface area (Å²) in [5.74, 6) is 1.00. The summed E-state index contributed by atoms with van der Waals surface area (Å²) in [6.45, 7) is 6.59. The quantitative estimate of drug-likeness (QED) is 0.942. The average molecular weight is 290 g/mol. The van der Waals surface area contributed by atoms with E-state index in [1.54, 1.807) is 11.3 Å². The molecule has 1 aliphatic rings. The molecule has 106 valence electrons. The molecule has 0 unspecified atom stereocenters. The van der Waals surface area contributed by atoms with E-state index in [2.05, 4.69) is 27.1 Å². The minimum absolute atomic E-state index is 0.196. The second-order valence-corrected chi connectivity index (χ2v) is 6.06. The van der Waals surface area contributed by atoms with Crippen molar-refractivity contribution in [2.75, 3.05) is 24.5 Å². The van der Waals surface area contributed by atoms with E-state index in [4.69, 9.17) is 0 Å². The van der Waals surface area contributed by atoms with Crippen LogP contribution in [0.15, 0.2) is 5.38 Å². The Balaban J connectivity index is 2.13. The van der Waals surface area contributed by atoms with E-state index in [1.807, 2.05) is 12.3 Å². The number of rotatable bonds is 3. The smallest absolute Gasteiger partial charge is 0.289 e. The molecule has 0 bridgehead atoms. The van der Waals surface area contributed by atoms with Crippen LogP contribution in [-0.4, -0.2) is 35.5 Å². The van der Waals surface area contributed by atoms with Gasteiger partial charge in [-0.2, -0.15) is 0 Å². The molecule has 0 aromatic carbocycles. The van der Waals surface area contributed by atoms with Gasteiger partial charge in [0.2, 0.25) is 5.82 Å². The highest BCUT2D eigenvalue weighted by Gasteiger charge is 2.22. The molecule has 2 aromatic rings. The minimum atomic E-state index is -0.196. The summed E-state index contributed by atoms with van der Waals surface area (Å²) >= 11 is 1.66. The first-order chi connectivity index (χ1) is 9.70. The number of amides is 1. The van der Waals surface area contributed by atoms with E-state index >= 15 is 0 Å². The number of anilines is 1. The lowest BCUT2D eigenvalue weighted by Gasteiger charge is -2.18. The summed E-state index contributed by atoms with van der Waals surface area (Å²) in [6.07, 6.45) is 2.37. The van der Waals surface area contributed by atoms with Gasteiger partial charge in [-0.1, -0.05) is 0 Å². The molecule has 0 spiro atoms. The maximum absolute atomic E-state index is 12.0. The zero-order valence-electron chi connectivity index (χ0n) is 11.8. The third kappa shape index (κ3) is 2.24. The zero-order valence-corrected chi connectivity index (χ0v) is 12.6. The number of aromatic nitrogens is 2. The zero-order chi connectivity index (χ0) is 14.1.